The molecule has 2 unspecified atom stereocenters. The summed E-state index contributed by atoms with van der Waals surface area (Å²) in [5, 5.41) is 11.6. The summed E-state index contributed by atoms with van der Waals surface area (Å²) < 4.78 is 17.1. The van der Waals surface area contributed by atoms with E-state index in [1.54, 1.807) is 21.1 Å². The molecule has 0 aliphatic carbocycles. The first-order chi connectivity index (χ1) is 27.1. The van der Waals surface area contributed by atoms with E-state index < -0.39 is 18.1 Å². The molecule has 0 aromatic carbocycles. The van der Waals surface area contributed by atoms with Gasteiger partial charge in [-0.2, -0.15) is 0 Å². The zero-order valence-corrected chi connectivity index (χ0v) is 36.3. The average molecular weight is 784 g/mol. The fourth-order valence-electron chi connectivity index (χ4n) is 5.93. The first-order valence-electron chi connectivity index (χ1n) is 22.0. The van der Waals surface area contributed by atoms with Crippen LogP contribution in [0.5, 0.6) is 0 Å². The number of aliphatic carboxylic acids is 1. The van der Waals surface area contributed by atoms with Gasteiger partial charge in [-0.15, -0.1) is 0 Å². The van der Waals surface area contributed by atoms with E-state index in [2.05, 4.69) is 86.8 Å². The minimum Gasteiger partial charge on any atom is -0.544 e. The minimum atomic E-state index is -1.14. The Morgan fingerprint density at radius 3 is 1.59 bits per heavy atom. The van der Waals surface area contributed by atoms with Gasteiger partial charge in [-0.3, -0.25) is 9.59 Å². The number of esters is 2. The maximum Gasteiger partial charge on any atom is 0.306 e. The highest BCUT2D eigenvalue weighted by Gasteiger charge is 2.25. The van der Waals surface area contributed by atoms with Crippen LogP contribution in [0.3, 0.4) is 0 Å². The Labute approximate surface area is 342 Å². The third-order valence-corrected chi connectivity index (χ3v) is 9.35. The van der Waals surface area contributed by atoms with Crippen molar-refractivity contribution in [3.05, 3.63) is 72.9 Å². The molecule has 0 aliphatic heterocycles. The standard InChI is InChI=1S/C48H81NO7/c1-6-8-10-12-14-16-18-20-22-24-26-28-30-32-34-36-38-46(50)55-43-44(42-54-41-40-45(48(52)53)49(3,4)5)56-47(51)39-37-35-33-31-29-27-25-23-21-19-17-15-13-11-9-7-2/h9,11,15,17,21-24,26-29,44-45H,6-8,10,12-14,16,18-20,25,30-43H2,1-5H3/b11-9+,17-15+,23-21+,24-22+,28-26+,29-27+. The number of rotatable bonds is 38. The average Bonchev–Trinajstić information content (AvgIpc) is 3.15. The zero-order valence-electron chi connectivity index (χ0n) is 36.3. The number of hydrogen-bond acceptors (Lipinski definition) is 7. The monoisotopic (exact) mass is 784 g/mol. The van der Waals surface area contributed by atoms with Crippen LogP contribution < -0.4 is 5.11 Å². The Morgan fingerprint density at radius 2 is 1.05 bits per heavy atom. The molecule has 8 heteroatoms. The van der Waals surface area contributed by atoms with Gasteiger partial charge in [0.15, 0.2) is 6.10 Å². The van der Waals surface area contributed by atoms with E-state index in [9.17, 15) is 19.5 Å². The predicted octanol–water partition coefficient (Wildman–Crippen LogP) is 10.6. The topological polar surface area (TPSA) is 102 Å². The fraction of sp³-hybridized carbons (Fsp3) is 0.688. The van der Waals surface area contributed by atoms with Crippen molar-refractivity contribution in [2.24, 2.45) is 0 Å². The van der Waals surface area contributed by atoms with E-state index in [-0.39, 0.29) is 49.1 Å². The van der Waals surface area contributed by atoms with E-state index in [1.807, 2.05) is 0 Å². The molecule has 320 valence electrons. The van der Waals surface area contributed by atoms with Crippen molar-refractivity contribution >= 4 is 17.9 Å². The van der Waals surface area contributed by atoms with Crippen molar-refractivity contribution in [3.63, 3.8) is 0 Å². The van der Waals surface area contributed by atoms with Crippen molar-refractivity contribution < 1.29 is 38.2 Å². The summed E-state index contributed by atoms with van der Waals surface area (Å²) in [6.45, 7) is 4.46. The van der Waals surface area contributed by atoms with Gasteiger partial charge in [0.1, 0.15) is 12.6 Å². The Morgan fingerprint density at radius 1 is 0.571 bits per heavy atom. The van der Waals surface area contributed by atoms with Crippen LogP contribution in [-0.4, -0.2) is 75.5 Å². The third-order valence-electron chi connectivity index (χ3n) is 9.35. The second-order valence-electron chi connectivity index (χ2n) is 15.6. The van der Waals surface area contributed by atoms with Crippen molar-refractivity contribution in [3.8, 4) is 0 Å². The van der Waals surface area contributed by atoms with Gasteiger partial charge >= 0.3 is 11.9 Å². The predicted molar refractivity (Wildman–Crippen MR) is 231 cm³/mol. The van der Waals surface area contributed by atoms with E-state index in [0.717, 1.165) is 77.0 Å². The second kappa shape index (κ2) is 38.6. The van der Waals surface area contributed by atoms with Gasteiger partial charge in [0.25, 0.3) is 0 Å². The van der Waals surface area contributed by atoms with Crippen LogP contribution in [-0.2, 0) is 28.6 Å². The quantitative estimate of drug-likeness (QED) is 0.0202. The lowest BCUT2D eigenvalue weighted by Gasteiger charge is -2.34. The summed E-state index contributed by atoms with van der Waals surface area (Å²) in [5.41, 5.74) is 0. The number of unbranched alkanes of at least 4 members (excludes halogenated alkanes) is 13. The number of carbonyl (C=O) groups is 3. The molecule has 0 spiro atoms. The van der Waals surface area contributed by atoms with Gasteiger partial charge < -0.3 is 28.6 Å². The van der Waals surface area contributed by atoms with E-state index in [0.29, 0.717) is 12.8 Å². The molecule has 0 fully saturated rings. The maximum absolute atomic E-state index is 12.7. The number of quaternary nitrogens is 1. The summed E-state index contributed by atoms with van der Waals surface area (Å²) in [7, 11) is 5.38. The van der Waals surface area contributed by atoms with Crippen LogP contribution in [0.15, 0.2) is 72.9 Å². The van der Waals surface area contributed by atoms with Crippen molar-refractivity contribution in [1.29, 1.82) is 0 Å². The van der Waals surface area contributed by atoms with E-state index in [1.165, 1.54) is 44.9 Å². The molecule has 0 amide bonds. The molecule has 56 heavy (non-hydrogen) atoms. The number of ether oxygens (including phenoxy) is 3. The molecule has 0 aromatic heterocycles. The number of hydrogen-bond donors (Lipinski definition) is 0. The summed E-state index contributed by atoms with van der Waals surface area (Å²) in [5.74, 6) is -1.82. The Balaban J connectivity index is 4.47. The number of nitrogens with zero attached hydrogens (tertiary/aromatic N) is 1. The smallest absolute Gasteiger partial charge is 0.306 e. The van der Waals surface area contributed by atoms with Gasteiger partial charge in [-0.05, 0) is 77.0 Å². The lowest BCUT2D eigenvalue weighted by molar-refractivity contribution is -0.889. The van der Waals surface area contributed by atoms with Crippen LogP contribution in [0.2, 0.25) is 0 Å². The molecule has 0 aromatic rings. The summed E-state index contributed by atoms with van der Waals surface area (Å²) in [6.07, 6.45) is 47.8. The molecule has 0 bridgehead atoms. The van der Waals surface area contributed by atoms with E-state index >= 15 is 0 Å². The van der Waals surface area contributed by atoms with E-state index in [4.69, 9.17) is 14.2 Å². The van der Waals surface area contributed by atoms with Crippen LogP contribution in [0, 0.1) is 0 Å². The first-order valence-corrected chi connectivity index (χ1v) is 22.0. The van der Waals surface area contributed by atoms with Crippen LogP contribution >= 0.6 is 0 Å². The number of carbonyl (C=O) groups excluding carboxylic acids is 3. The lowest BCUT2D eigenvalue weighted by atomic mass is 10.1. The summed E-state index contributed by atoms with van der Waals surface area (Å²) in [4.78, 5) is 36.8. The number of allylic oxidation sites excluding steroid dienone is 12. The lowest BCUT2D eigenvalue weighted by Crippen LogP contribution is -2.55. The van der Waals surface area contributed by atoms with Crippen LogP contribution in [0.1, 0.15) is 162 Å². The number of carboxylic acids is 1. The largest absolute Gasteiger partial charge is 0.544 e. The molecule has 2 atom stereocenters. The Bertz CT molecular complexity index is 1140. The molecule has 0 radical (unpaired) electrons. The van der Waals surface area contributed by atoms with Crippen LogP contribution in [0.4, 0.5) is 0 Å². The SMILES string of the molecule is CC/C=C/C/C=C/C/C=C/C/C=C/CCCCCC(=O)OC(COCCC(C(=O)[O-])[N+](C)(C)C)COC(=O)CCCCC/C=C/C=C/CCCCCCCCC. The van der Waals surface area contributed by atoms with Crippen molar-refractivity contribution in [2.75, 3.05) is 41.0 Å². The second-order valence-corrected chi connectivity index (χ2v) is 15.6. The normalized spacial score (nSPS) is 13.7. The molecule has 0 rings (SSSR count). The molecule has 0 aliphatic rings. The number of likely N-dealkylation sites (N-methyl/N-ethyl adjacent to an activating group) is 1. The molecule has 8 nitrogen and oxygen atoms in total. The molecule has 0 heterocycles. The van der Waals surface area contributed by atoms with Gasteiger partial charge in [0.05, 0.1) is 40.3 Å². The third kappa shape index (κ3) is 36.4. The highest BCUT2D eigenvalue weighted by Crippen LogP contribution is 2.12. The highest BCUT2D eigenvalue weighted by atomic mass is 16.6. The van der Waals surface area contributed by atoms with Gasteiger partial charge in [-0.1, -0.05) is 138 Å². The Kier molecular flexibility index (Phi) is 36.4. The maximum atomic E-state index is 12.7. The molecular weight excluding hydrogens is 703 g/mol. The fourth-order valence-corrected chi connectivity index (χ4v) is 5.93. The first kappa shape index (κ1) is 52.8. The summed E-state index contributed by atoms with van der Waals surface area (Å²) in [6, 6.07) is -0.739. The van der Waals surface area contributed by atoms with Crippen molar-refractivity contribution in [2.45, 2.75) is 174 Å². The number of carboxylic acid groups (broad SMARTS) is 1. The zero-order chi connectivity index (χ0) is 41.4. The van der Waals surface area contributed by atoms with Gasteiger partial charge in [0.2, 0.25) is 0 Å². The van der Waals surface area contributed by atoms with Crippen molar-refractivity contribution in [1.82, 2.24) is 0 Å². The minimum absolute atomic E-state index is 0.0155. The van der Waals surface area contributed by atoms with Gasteiger partial charge in [-0.25, -0.2) is 0 Å². The van der Waals surface area contributed by atoms with Crippen LogP contribution in [0.25, 0.3) is 0 Å². The summed E-state index contributed by atoms with van der Waals surface area (Å²) >= 11 is 0. The Hall–Kier alpha value is -3.23. The molecule has 0 N–H and O–H groups in total. The van der Waals surface area contributed by atoms with Gasteiger partial charge in [0, 0.05) is 19.3 Å². The molecule has 0 saturated carbocycles. The molecule has 0 saturated heterocycles. The highest BCUT2D eigenvalue weighted by molar-refractivity contribution is 5.70. The molecular formula is C48H81NO7.